The summed E-state index contributed by atoms with van der Waals surface area (Å²) in [6.45, 7) is 1.77. The van der Waals surface area contributed by atoms with Gasteiger partial charge in [0.15, 0.2) is 0 Å². The molecule has 1 rings (SSSR count). The molecule has 0 aliphatic heterocycles. The smallest absolute Gasteiger partial charge is 0.379 e. The molecule has 3 heteroatoms. The fourth-order valence-corrected chi connectivity index (χ4v) is 1.03. The van der Waals surface area contributed by atoms with Crippen molar-refractivity contribution in [2.75, 3.05) is 7.11 Å². The van der Waals surface area contributed by atoms with Crippen LogP contribution < -0.4 is 0 Å². The molecular formula is C10H10O3. The second-order valence-electron chi connectivity index (χ2n) is 2.64. The number of carbonyl (C=O) groups is 2. The lowest BCUT2D eigenvalue weighted by Crippen LogP contribution is -2.16. The molecule has 0 saturated heterocycles. The Morgan fingerprint density at radius 2 is 1.85 bits per heavy atom. The van der Waals surface area contributed by atoms with Gasteiger partial charge in [0.1, 0.15) is 0 Å². The van der Waals surface area contributed by atoms with Crippen LogP contribution in [-0.4, -0.2) is 18.9 Å². The third-order valence-corrected chi connectivity index (χ3v) is 1.76. The van der Waals surface area contributed by atoms with Crippen molar-refractivity contribution in [1.82, 2.24) is 0 Å². The van der Waals surface area contributed by atoms with Gasteiger partial charge in [-0.15, -0.1) is 0 Å². The molecule has 1 aromatic carbocycles. The molecule has 0 fully saturated rings. The molecule has 0 heterocycles. The standard InChI is InChI=1S/C10H10O3/c1-7-5-3-4-6-8(7)9(11)10(12)13-2/h3-6H,1-2H3. The first-order chi connectivity index (χ1) is 6.16. The number of hydrogen-bond acceptors (Lipinski definition) is 3. The molecule has 13 heavy (non-hydrogen) atoms. The second-order valence-corrected chi connectivity index (χ2v) is 2.64. The van der Waals surface area contributed by atoms with E-state index in [0.717, 1.165) is 5.56 Å². The Morgan fingerprint density at radius 3 is 2.38 bits per heavy atom. The SMILES string of the molecule is COC(=O)C(=O)c1ccccc1C. The number of Topliss-reactive ketones (excluding diaryl/α,β-unsaturated/α-hetero) is 1. The summed E-state index contributed by atoms with van der Waals surface area (Å²) < 4.78 is 4.33. The molecule has 0 N–H and O–H groups in total. The van der Waals surface area contributed by atoms with Crippen molar-refractivity contribution in [3.8, 4) is 0 Å². The Morgan fingerprint density at radius 1 is 1.23 bits per heavy atom. The van der Waals surface area contributed by atoms with Crippen LogP contribution in [0.3, 0.4) is 0 Å². The van der Waals surface area contributed by atoms with Gasteiger partial charge < -0.3 is 4.74 Å². The summed E-state index contributed by atoms with van der Waals surface area (Å²) in [6, 6.07) is 6.90. The largest absolute Gasteiger partial charge is 0.463 e. The van der Waals surface area contributed by atoms with E-state index in [1.165, 1.54) is 7.11 Å². The third kappa shape index (κ3) is 1.93. The van der Waals surface area contributed by atoms with Crippen LogP contribution in [0.4, 0.5) is 0 Å². The highest BCUT2D eigenvalue weighted by Crippen LogP contribution is 2.08. The maximum atomic E-state index is 11.3. The summed E-state index contributed by atoms with van der Waals surface area (Å²) in [4.78, 5) is 22.2. The Balaban J connectivity index is 3.02. The molecule has 0 unspecified atom stereocenters. The monoisotopic (exact) mass is 178 g/mol. The van der Waals surface area contributed by atoms with Crippen LogP contribution in [-0.2, 0) is 9.53 Å². The second kappa shape index (κ2) is 3.85. The molecular weight excluding hydrogens is 168 g/mol. The van der Waals surface area contributed by atoms with Crippen LogP contribution in [0.25, 0.3) is 0 Å². The van der Waals surface area contributed by atoms with Crippen LogP contribution in [0.2, 0.25) is 0 Å². The number of benzene rings is 1. The Bertz CT molecular complexity index is 342. The van der Waals surface area contributed by atoms with E-state index in [9.17, 15) is 9.59 Å². The van der Waals surface area contributed by atoms with E-state index < -0.39 is 11.8 Å². The molecule has 0 aliphatic carbocycles. The molecule has 1 aromatic rings. The minimum Gasteiger partial charge on any atom is -0.463 e. The highest BCUT2D eigenvalue weighted by atomic mass is 16.5. The Labute approximate surface area is 76.3 Å². The minimum absolute atomic E-state index is 0.398. The number of esters is 1. The molecule has 0 radical (unpaired) electrons. The summed E-state index contributed by atoms with van der Waals surface area (Å²) in [7, 11) is 1.19. The lowest BCUT2D eigenvalue weighted by atomic mass is 10.1. The minimum atomic E-state index is -0.825. The number of methoxy groups -OCH3 is 1. The van der Waals surface area contributed by atoms with Crippen LogP contribution in [0.1, 0.15) is 15.9 Å². The summed E-state index contributed by atoms with van der Waals surface area (Å²) >= 11 is 0. The van der Waals surface area contributed by atoms with Gasteiger partial charge in [-0.2, -0.15) is 0 Å². The quantitative estimate of drug-likeness (QED) is 0.390. The molecule has 0 bridgehead atoms. The topological polar surface area (TPSA) is 43.4 Å². The van der Waals surface area contributed by atoms with E-state index in [-0.39, 0.29) is 0 Å². The fraction of sp³-hybridized carbons (Fsp3) is 0.200. The highest BCUT2D eigenvalue weighted by Gasteiger charge is 2.17. The van der Waals surface area contributed by atoms with Gasteiger partial charge in [0.25, 0.3) is 5.78 Å². The Kier molecular flexibility index (Phi) is 2.80. The zero-order chi connectivity index (χ0) is 9.84. The number of ether oxygens (including phenoxy) is 1. The molecule has 0 aliphatic rings. The molecule has 0 saturated carbocycles. The van der Waals surface area contributed by atoms with E-state index in [2.05, 4.69) is 4.74 Å². The van der Waals surface area contributed by atoms with Gasteiger partial charge in [0.2, 0.25) is 0 Å². The normalized spacial score (nSPS) is 9.38. The fourth-order valence-electron chi connectivity index (χ4n) is 1.03. The lowest BCUT2D eigenvalue weighted by Gasteiger charge is -2.01. The van der Waals surface area contributed by atoms with Gasteiger partial charge in [-0.25, -0.2) is 4.79 Å². The Hall–Kier alpha value is -1.64. The first-order valence-electron chi connectivity index (χ1n) is 3.85. The van der Waals surface area contributed by atoms with E-state index in [0.29, 0.717) is 5.56 Å². The van der Waals surface area contributed by atoms with Crippen LogP contribution in [0, 0.1) is 6.92 Å². The zero-order valence-corrected chi connectivity index (χ0v) is 7.53. The van der Waals surface area contributed by atoms with Crippen molar-refractivity contribution in [3.05, 3.63) is 35.4 Å². The average molecular weight is 178 g/mol. The van der Waals surface area contributed by atoms with Gasteiger partial charge in [-0.3, -0.25) is 4.79 Å². The maximum absolute atomic E-state index is 11.3. The van der Waals surface area contributed by atoms with Gasteiger partial charge >= 0.3 is 5.97 Å². The maximum Gasteiger partial charge on any atom is 0.379 e. The van der Waals surface area contributed by atoms with E-state index in [1.54, 1.807) is 25.1 Å². The first kappa shape index (κ1) is 9.45. The van der Waals surface area contributed by atoms with Crippen molar-refractivity contribution in [2.45, 2.75) is 6.92 Å². The summed E-state index contributed by atoms with van der Waals surface area (Å²) in [5.74, 6) is -1.42. The number of rotatable bonds is 2. The van der Waals surface area contributed by atoms with Crippen molar-refractivity contribution >= 4 is 11.8 Å². The van der Waals surface area contributed by atoms with Crippen LogP contribution in [0.15, 0.2) is 24.3 Å². The van der Waals surface area contributed by atoms with Gasteiger partial charge in [-0.1, -0.05) is 24.3 Å². The van der Waals surface area contributed by atoms with Crippen molar-refractivity contribution < 1.29 is 14.3 Å². The molecule has 68 valence electrons. The zero-order valence-electron chi connectivity index (χ0n) is 7.53. The lowest BCUT2D eigenvalue weighted by molar-refractivity contribution is -0.135. The van der Waals surface area contributed by atoms with Crippen molar-refractivity contribution in [2.24, 2.45) is 0 Å². The first-order valence-corrected chi connectivity index (χ1v) is 3.85. The van der Waals surface area contributed by atoms with Crippen LogP contribution >= 0.6 is 0 Å². The number of hydrogen-bond donors (Lipinski definition) is 0. The predicted molar refractivity (Wildman–Crippen MR) is 47.5 cm³/mol. The highest BCUT2D eigenvalue weighted by molar-refractivity contribution is 6.40. The van der Waals surface area contributed by atoms with Crippen molar-refractivity contribution in [1.29, 1.82) is 0 Å². The number of ketones is 1. The number of aryl methyl sites for hydroxylation is 1. The third-order valence-electron chi connectivity index (χ3n) is 1.76. The van der Waals surface area contributed by atoms with Gasteiger partial charge in [-0.05, 0) is 12.5 Å². The summed E-state index contributed by atoms with van der Waals surface area (Å²) in [5.41, 5.74) is 1.17. The van der Waals surface area contributed by atoms with E-state index in [4.69, 9.17) is 0 Å². The molecule has 0 spiro atoms. The average Bonchev–Trinajstić information content (AvgIpc) is 2.16. The predicted octanol–water partition coefficient (Wildman–Crippen LogP) is 1.35. The number of carbonyl (C=O) groups excluding carboxylic acids is 2. The molecule has 0 atom stereocenters. The molecule has 0 aromatic heterocycles. The van der Waals surface area contributed by atoms with Gasteiger partial charge in [0, 0.05) is 5.56 Å². The van der Waals surface area contributed by atoms with E-state index in [1.807, 2.05) is 6.07 Å². The van der Waals surface area contributed by atoms with Crippen LogP contribution in [0.5, 0.6) is 0 Å². The summed E-state index contributed by atoms with van der Waals surface area (Å²) in [5, 5.41) is 0. The van der Waals surface area contributed by atoms with Crippen molar-refractivity contribution in [3.63, 3.8) is 0 Å². The van der Waals surface area contributed by atoms with Gasteiger partial charge in [0.05, 0.1) is 7.11 Å². The van der Waals surface area contributed by atoms with E-state index >= 15 is 0 Å². The molecule has 3 nitrogen and oxygen atoms in total. The molecule has 0 amide bonds. The summed E-state index contributed by atoms with van der Waals surface area (Å²) in [6.07, 6.45) is 0.